The van der Waals surface area contributed by atoms with E-state index in [-0.39, 0.29) is 23.6 Å². The lowest BCUT2D eigenvalue weighted by molar-refractivity contribution is -0.129. The van der Waals surface area contributed by atoms with Gasteiger partial charge in [0, 0.05) is 57.8 Å². The second kappa shape index (κ2) is 23.2. The first-order chi connectivity index (χ1) is 31.0. The van der Waals surface area contributed by atoms with Crippen molar-refractivity contribution in [3.63, 3.8) is 0 Å². The monoisotopic (exact) mass is 991 g/mol. The Morgan fingerprint density at radius 3 is 1.03 bits per heavy atom. The van der Waals surface area contributed by atoms with Crippen LogP contribution in [0.15, 0.2) is 87.5 Å². The van der Waals surface area contributed by atoms with Crippen molar-refractivity contribution in [2.75, 3.05) is 87.3 Å². The summed E-state index contributed by atoms with van der Waals surface area (Å²) < 4.78 is 98.8. The molecule has 0 spiro atoms. The van der Waals surface area contributed by atoms with E-state index in [1.807, 2.05) is 87.1 Å². The van der Waals surface area contributed by atoms with Crippen LogP contribution in [0.25, 0.3) is 0 Å². The van der Waals surface area contributed by atoms with Crippen molar-refractivity contribution in [2.24, 2.45) is 0 Å². The van der Waals surface area contributed by atoms with Crippen molar-refractivity contribution in [1.29, 1.82) is 0 Å². The van der Waals surface area contributed by atoms with E-state index in [0.717, 1.165) is 29.5 Å². The van der Waals surface area contributed by atoms with E-state index in [4.69, 9.17) is 14.2 Å². The van der Waals surface area contributed by atoms with E-state index in [0.29, 0.717) is 74.4 Å². The number of aryl methyl sites for hydroxylation is 3. The Morgan fingerprint density at radius 2 is 0.776 bits per heavy atom. The number of nitrogens with zero attached hydrogens (tertiary/aromatic N) is 5. The van der Waals surface area contributed by atoms with Crippen LogP contribution < -0.4 is 0 Å². The summed E-state index contributed by atoms with van der Waals surface area (Å²) in [5.74, 6) is -0.00733. The number of ether oxygens (including phenoxy) is 3. The van der Waals surface area contributed by atoms with E-state index in [9.17, 15) is 30.0 Å². The van der Waals surface area contributed by atoms with Gasteiger partial charge in [-0.1, -0.05) is 53.1 Å². The Hall–Kier alpha value is -3.14. The fraction of sp³-hybridized carbons (Fsp3) is 0.612. The van der Waals surface area contributed by atoms with Gasteiger partial charge in [0.1, 0.15) is 5.78 Å². The zero-order valence-corrected chi connectivity index (χ0v) is 44.6. The number of carbonyl (C=O) groups is 1. The Bertz CT molecular complexity index is 2310. The van der Waals surface area contributed by atoms with Crippen LogP contribution in [-0.4, -0.2) is 170 Å². The minimum atomic E-state index is -3.54. The summed E-state index contributed by atoms with van der Waals surface area (Å²) in [6.07, 6.45) is 1.80. The van der Waals surface area contributed by atoms with Crippen LogP contribution >= 0.6 is 0 Å². The maximum Gasteiger partial charge on any atom is 0.243 e. The molecule has 0 aromatic heterocycles. The minimum Gasteiger partial charge on any atom is -0.372 e. The highest BCUT2D eigenvalue weighted by Crippen LogP contribution is 2.31. The number of hydrogen-bond donors (Lipinski definition) is 0. The van der Waals surface area contributed by atoms with Crippen molar-refractivity contribution in [1.82, 2.24) is 22.7 Å². The second-order valence-corrected chi connectivity index (χ2v) is 25.6. The third kappa shape index (κ3) is 15.7. The lowest BCUT2D eigenvalue weighted by atomic mass is 9.96. The molecule has 0 bridgehead atoms. The van der Waals surface area contributed by atoms with Gasteiger partial charge in [-0.15, -0.1) is 0 Å². The number of hydrogen-bond acceptors (Lipinski definition) is 12. The molecule has 3 saturated heterocycles. The lowest BCUT2D eigenvalue weighted by Gasteiger charge is -2.42. The number of benzene rings is 3. The molecule has 3 aromatic rings. The average molecular weight is 992 g/mol. The van der Waals surface area contributed by atoms with Crippen LogP contribution in [0.4, 0.5) is 0 Å². The second-order valence-electron chi connectivity index (χ2n) is 19.8. The predicted molar refractivity (Wildman–Crippen MR) is 264 cm³/mol. The largest absolute Gasteiger partial charge is 0.372 e. The molecular weight excluding hydrogens is 915 g/mol. The topological polar surface area (TPSA) is 163 Å². The molecule has 376 valence electrons. The molecule has 67 heavy (non-hydrogen) atoms. The number of carbonyl (C=O) groups excluding carboxylic acids is 1. The van der Waals surface area contributed by atoms with Gasteiger partial charge in [0.05, 0.1) is 51.3 Å². The molecule has 0 N–H and O–H groups in total. The molecule has 0 amide bonds. The molecule has 18 heteroatoms. The smallest absolute Gasteiger partial charge is 0.243 e. The van der Waals surface area contributed by atoms with Gasteiger partial charge in [-0.2, -0.15) is 12.9 Å². The van der Waals surface area contributed by atoms with E-state index in [1.54, 1.807) is 64.1 Å². The molecule has 3 aliphatic heterocycles. The first kappa shape index (κ1) is 56.4. The number of sulfonamides is 3. The summed E-state index contributed by atoms with van der Waals surface area (Å²) in [6, 6.07) is 21.5. The maximum atomic E-state index is 12.9. The quantitative estimate of drug-likeness (QED) is 0.186. The van der Waals surface area contributed by atoms with Crippen molar-refractivity contribution >= 4 is 35.9 Å². The van der Waals surface area contributed by atoms with Gasteiger partial charge >= 0.3 is 0 Å². The van der Waals surface area contributed by atoms with Gasteiger partial charge in [-0.3, -0.25) is 4.79 Å². The van der Waals surface area contributed by atoms with Crippen LogP contribution in [0.5, 0.6) is 0 Å². The van der Waals surface area contributed by atoms with E-state index in [2.05, 4.69) is 23.6 Å². The van der Waals surface area contributed by atoms with Crippen LogP contribution in [0.1, 0.15) is 77.5 Å². The Kier molecular flexibility index (Phi) is 19.5. The van der Waals surface area contributed by atoms with Gasteiger partial charge < -0.3 is 24.0 Å². The van der Waals surface area contributed by atoms with E-state index >= 15 is 0 Å². The molecule has 0 radical (unpaired) electrons. The normalized spacial score (nSPS) is 24.5. The molecule has 5 atom stereocenters. The first-order valence-electron chi connectivity index (χ1n) is 23.0. The van der Waals surface area contributed by atoms with Crippen molar-refractivity contribution in [3.8, 4) is 0 Å². The Morgan fingerprint density at radius 1 is 0.522 bits per heavy atom. The van der Waals surface area contributed by atoms with Crippen LogP contribution in [0.3, 0.4) is 0 Å². The zero-order chi connectivity index (χ0) is 50.2. The van der Waals surface area contributed by atoms with Gasteiger partial charge in [0.2, 0.25) is 30.1 Å². The fourth-order valence-electron chi connectivity index (χ4n) is 8.36. The highest BCUT2D eigenvalue weighted by Gasteiger charge is 2.41. The fourth-order valence-corrected chi connectivity index (χ4v) is 13.0. The molecule has 3 aromatic carbocycles. The number of ketones is 1. The van der Waals surface area contributed by atoms with Crippen molar-refractivity contribution < 1.29 is 44.3 Å². The molecule has 0 saturated carbocycles. The van der Waals surface area contributed by atoms with E-state index in [1.165, 1.54) is 11.2 Å². The van der Waals surface area contributed by atoms with Gasteiger partial charge in [0.25, 0.3) is 0 Å². The summed E-state index contributed by atoms with van der Waals surface area (Å²) >= 11 is 0. The standard InChI is InChI=1S/2C17H28N2O3S.C15H21NO4S/c2*1-14-6-8-16(9-7-14)23(20,21)19-10-11-22-17(3,13-19)12-15(2)18(4)5;1-12-4-6-14(7-5-12)21(18,19)16-8-9-20-15(3,11-16)10-13(2)17/h2*6-9,15H,10-13H2,1-5H3;4-7H,8-11H2,1-3H3/t15-,17+;15-,17-;15-/m100/s1. The zero-order valence-electron chi connectivity index (χ0n) is 42.1. The van der Waals surface area contributed by atoms with Gasteiger partial charge in [-0.05, 0) is 140 Å². The minimum absolute atomic E-state index is 0.00733. The third-order valence-corrected chi connectivity index (χ3v) is 18.3. The maximum absolute atomic E-state index is 12.9. The lowest BCUT2D eigenvalue weighted by Crippen LogP contribution is -2.54. The molecule has 3 heterocycles. The van der Waals surface area contributed by atoms with Crippen LogP contribution in [0, 0.1) is 20.8 Å². The van der Waals surface area contributed by atoms with Crippen LogP contribution in [0.2, 0.25) is 0 Å². The number of rotatable bonds is 14. The molecular formula is C49H77N5O10S3. The number of morpholine rings is 3. The molecule has 0 aliphatic carbocycles. The summed E-state index contributed by atoms with van der Waals surface area (Å²) in [5.41, 5.74) is 1.45. The Balaban J connectivity index is 0.000000220. The molecule has 0 unspecified atom stereocenters. The first-order valence-corrected chi connectivity index (χ1v) is 27.3. The third-order valence-electron chi connectivity index (χ3n) is 12.7. The highest BCUT2D eigenvalue weighted by atomic mass is 32.2. The summed E-state index contributed by atoms with van der Waals surface area (Å²) in [7, 11) is -2.37. The summed E-state index contributed by atoms with van der Waals surface area (Å²) in [6.45, 7) is 20.6. The highest BCUT2D eigenvalue weighted by molar-refractivity contribution is 7.89. The van der Waals surface area contributed by atoms with Crippen molar-refractivity contribution in [3.05, 3.63) is 89.5 Å². The van der Waals surface area contributed by atoms with E-state index < -0.39 is 46.9 Å². The number of Topliss-reactive ketones (excluding diaryl/α,β-unsaturated/α-hetero) is 1. The summed E-state index contributed by atoms with van der Waals surface area (Å²) in [5, 5.41) is 0. The molecule has 3 fully saturated rings. The summed E-state index contributed by atoms with van der Waals surface area (Å²) in [4.78, 5) is 16.6. The molecule has 6 rings (SSSR count). The van der Waals surface area contributed by atoms with Gasteiger partial charge in [-0.25, -0.2) is 25.3 Å². The molecule has 3 aliphatic rings. The Labute approximate surface area is 402 Å². The predicted octanol–water partition coefficient (Wildman–Crippen LogP) is 5.98. The van der Waals surface area contributed by atoms with Gasteiger partial charge in [0.15, 0.2) is 0 Å². The van der Waals surface area contributed by atoms with Crippen LogP contribution in [-0.2, 0) is 49.1 Å². The molecule has 15 nitrogen and oxygen atoms in total. The average Bonchev–Trinajstić information content (AvgIpc) is 3.24. The SMILES string of the molecule is CC(=O)C[C@@]1(C)CN(S(=O)(=O)c2ccc(C)cc2)CCO1.Cc1ccc(S(=O)(=O)N2CCO[C@@](C)(C[C@@H](C)N(C)C)C2)cc1.Cc1ccc(S(=O)(=O)N2CCO[C@@](C)(C[C@H](C)N(C)C)C2)cc1. The van der Waals surface area contributed by atoms with Crippen molar-refractivity contribution in [2.45, 2.75) is 125 Å².